The Kier molecular flexibility index (Phi) is 4.19. The Hall–Kier alpha value is -2.18. The van der Waals surface area contributed by atoms with Crippen molar-refractivity contribution in [3.05, 3.63) is 17.6 Å². The maximum Gasteiger partial charge on any atom is 0.415 e. The van der Waals surface area contributed by atoms with Gasteiger partial charge in [-0.25, -0.2) is 14.8 Å². The van der Waals surface area contributed by atoms with Crippen LogP contribution in [-0.4, -0.2) is 52.6 Å². The maximum absolute atomic E-state index is 11.9. The summed E-state index contributed by atoms with van der Waals surface area (Å²) in [6.07, 6.45) is 1.22. The van der Waals surface area contributed by atoms with Crippen molar-refractivity contribution in [3.8, 4) is 0 Å². The number of amides is 2. The molecule has 1 aromatic rings. The largest absolute Gasteiger partial charge is 0.444 e. The summed E-state index contributed by atoms with van der Waals surface area (Å²) in [5, 5.41) is 0. The monoisotopic (exact) mass is 318 g/mol. The first-order chi connectivity index (χ1) is 10.9. The number of piperidine rings is 1. The Balaban J connectivity index is 1.79. The van der Waals surface area contributed by atoms with Crippen LogP contribution >= 0.6 is 0 Å². The first-order valence-corrected chi connectivity index (χ1v) is 8.03. The second-order valence-corrected chi connectivity index (χ2v) is 6.31. The average Bonchev–Trinajstić information content (AvgIpc) is 2.85. The Labute approximate surface area is 135 Å². The zero-order valence-corrected chi connectivity index (χ0v) is 13.8. The molecule has 0 aromatic carbocycles. The highest BCUT2D eigenvalue weighted by Crippen LogP contribution is 2.28. The lowest BCUT2D eigenvalue weighted by molar-refractivity contribution is -0.129. The number of carbonyl (C=O) groups is 2. The summed E-state index contributed by atoms with van der Waals surface area (Å²) < 4.78 is 5.18. The molecule has 0 N–H and O–H groups in total. The standard InChI is InChI=1S/C16H22N4O3/c1-10-8-14(20-9-11(2)23-16(20)22)18-15(17-10)13-4-6-19(7-5-13)12(3)21/h8,11,13H,4-7,9H2,1-3H3/t11-/m1/s1. The molecule has 124 valence electrons. The Morgan fingerprint density at radius 2 is 2.00 bits per heavy atom. The minimum Gasteiger partial charge on any atom is -0.444 e. The van der Waals surface area contributed by atoms with Crippen LogP contribution in [0.1, 0.15) is 44.1 Å². The smallest absolute Gasteiger partial charge is 0.415 e. The Morgan fingerprint density at radius 1 is 1.30 bits per heavy atom. The van der Waals surface area contributed by atoms with Gasteiger partial charge in [0, 0.05) is 37.7 Å². The fourth-order valence-corrected chi connectivity index (χ4v) is 3.14. The van der Waals surface area contributed by atoms with Crippen molar-refractivity contribution in [3.63, 3.8) is 0 Å². The minimum atomic E-state index is -0.354. The van der Waals surface area contributed by atoms with Crippen molar-refractivity contribution in [2.75, 3.05) is 24.5 Å². The minimum absolute atomic E-state index is 0.114. The fraction of sp³-hybridized carbons (Fsp3) is 0.625. The second kappa shape index (κ2) is 6.14. The number of cyclic esters (lactones) is 1. The average molecular weight is 318 g/mol. The molecule has 0 bridgehead atoms. The van der Waals surface area contributed by atoms with E-state index < -0.39 is 0 Å². The van der Waals surface area contributed by atoms with Crippen molar-refractivity contribution in [2.24, 2.45) is 0 Å². The first kappa shape index (κ1) is 15.7. The van der Waals surface area contributed by atoms with Gasteiger partial charge in [0.05, 0.1) is 6.54 Å². The lowest BCUT2D eigenvalue weighted by atomic mass is 9.96. The van der Waals surface area contributed by atoms with E-state index in [0.29, 0.717) is 12.4 Å². The molecule has 3 heterocycles. The van der Waals surface area contributed by atoms with E-state index in [2.05, 4.69) is 9.97 Å². The van der Waals surface area contributed by atoms with Crippen LogP contribution in [0.3, 0.4) is 0 Å². The van der Waals surface area contributed by atoms with E-state index in [1.54, 1.807) is 11.8 Å². The van der Waals surface area contributed by atoms with Crippen LogP contribution in [0.5, 0.6) is 0 Å². The summed E-state index contributed by atoms with van der Waals surface area (Å²) >= 11 is 0. The zero-order chi connectivity index (χ0) is 16.6. The van der Waals surface area contributed by atoms with E-state index in [1.807, 2.05) is 24.8 Å². The van der Waals surface area contributed by atoms with Gasteiger partial charge in [-0.2, -0.15) is 0 Å². The van der Waals surface area contributed by atoms with Crippen LogP contribution in [0.15, 0.2) is 6.07 Å². The normalized spacial score (nSPS) is 22.4. The highest BCUT2D eigenvalue weighted by molar-refractivity contribution is 5.88. The van der Waals surface area contributed by atoms with Gasteiger partial charge in [-0.15, -0.1) is 0 Å². The Morgan fingerprint density at radius 3 is 2.57 bits per heavy atom. The van der Waals surface area contributed by atoms with Gasteiger partial charge in [0.15, 0.2) is 0 Å². The van der Waals surface area contributed by atoms with Crippen molar-refractivity contribution < 1.29 is 14.3 Å². The molecule has 23 heavy (non-hydrogen) atoms. The molecule has 1 atom stereocenters. The summed E-state index contributed by atoms with van der Waals surface area (Å²) in [7, 11) is 0. The summed E-state index contributed by atoms with van der Waals surface area (Å²) in [5.74, 6) is 1.70. The molecule has 2 aliphatic heterocycles. The number of likely N-dealkylation sites (tertiary alicyclic amines) is 1. The molecule has 7 nitrogen and oxygen atoms in total. The van der Waals surface area contributed by atoms with Gasteiger partial charge in [-0.1, -0.05) is 0 Å². The highest BCUT2D eigenvalue weighted by Gasteiger charge is 2.32. The molecule has 2 amide bonds. The predicted molar refractivity (Wildman–Crippen MR) is 84.3 cm³/mol. The number of hydrogen-bond acceptors (Lipinski definition) is 5. The van der Waals surface area contributed by atoms with Gasteiger partial charge in [0.2, 0.25) is 5.91 Å². The molecule has 0 unspecified atom stereocenters. The van der Waals surface area contributed by atoms with Gasteiger partial charge >= 0.3 is 6.09 Å². The predicted octanol–water partition coefficient (Wildman–Crippen LogP) is 1.86. The summed E-state index contributed by atoms with van der Waals surface area (Å²) in [5.41, 5.74) is 0.839. The molecule has 0 spiro atoms. The molecule has 2 aliphatic rings. The van der Waals surface area contributed by atoms with Crippen LogP contribution in [0.4, 0.5) is 10.6 Å². The fourth-order valence-electron chi connectivity index (χ4n) is 3.14. The van der Waals surface area contributed by atoms with E-state index in [-0.39, 0.29) is 24.0 Å². The maximum atomic E-state index is 11.9. The molecule has 0 radical (unpaired) electrons. The van der Waals surface area contributed by atoms with E-state index in [9.17, 15) is 9.59 Å². The molecule has 2 fully saturated rings. The number of carbonyl (C=O) groups excluding carboxylic acids is 2. The van der Waals surface area contributed by atoms with Crippen LogP contribution < -0.4 is 4.90 Å². The lowest BCUT2D eigenvalue weighted by Gasteiger charge is -2.30. The molecule has 3 rings (SSSR count). The number of rotatable bonds is 2. The van der Waals surface area contributed by atoms with Gasteiger partial charge in [-0.3, -0.25) is 9.69 Å². The molecular weight excluding hydrogens is 296 g/mol. The van der Waals surface area contributed by atoms with Gasteiger partial charge in [0.25, 0.3) is 0 Å². The zero-order valence-electron chi connectivity index (χ0n) is 13.8. The Bertz CT molecular complexity index is 626. The van der Waals surface area contributed by atoms with Crippen molar-refractivity contribution in [1.29, 1.82) is 0 Å². The number of hydrogen-bond donors (Lipinski definition) is 0. The van der Waals surface area contributed by atoms with Crippen LogP contribution in [0.2, 0.25) is 0 Å². The molecule has 7 heteroatoms. The highest BCUT2D eigenvalue weighted by atomic mass is 16.6. The molecular formula is C16H22N4O3. The van der Waals surface area contributed by atoms with Crippen LogP contribution in [-0.2, 0) is 9.53 Å². The third-order valence-corrected chi connectivity index (χ3v) is 4.40. The quantitative estimate of drug-likeness (QED) is 0.832. The first-order valence-electron chi connectivity index (χ1n) is 8.03. The SMILES string of the molecule is CC(=O)N1CCC(c2nc(C)cc(N3C[C@@H](C)OC3=O)n2)CC1. The number of aryl methyl sites for hydroxylation is 1. The van der Waals surface area contributed by atoms with Gasteiger partial charge < -0.3 is 9.64 Å². The number of ether oxygens (including phenoxy) is 1. The number of anilines is 1. The van der Waals surface area contributed by atoms with E-state index in [4.69, 9.17) is 4.74 Å². The molecule has 1 aromatic heterocycles. The summed E-state index contributed by atoms with van der Waals surface area (Å²) in [6, 6.07) is 1.81. The van der Waals surface area contributed by atoms with E-state index >= 15 is 0 Å². The van der Waals surface area contributed by atoms with Crippen LogP contribution in [0, 0.1) is 6.92 Å². The lowest BCUT2D eigenvalue weighted by Crippen LogP contribution is -2.36. The molecule has 0 aliphatic carbocycles. The van der Waals surface area contributed by atoms with Crippen molar-refractivity contribution >= 4 is 17.8 Å². The topological polar surface area (TPSA) is 75.6 Å². The van der Waals surface area contributed by atoms with Crippen LogP contribution in [0.25, 0.3) is 0 Å². The van der Waals surface area contributed by atoms with Crippen molar-refractivity contribution in [2.45, 2.75) is 45.6 Å². The summed E-state index contributed by atoms with van der Waals surface area (Å²) in [6.45, 7) is 7.35. The number of aromatic nitrogens is 2. The third kappa shape index (κ3) is 3.28. The van der Waals surface area contributed by atoms with E-state index in [0.717, 1.165) is 37.4 Å². The third-order valence-electron chi connectivity index (χ3n) is 4.40. The molecule has 2 saturated heterocycles. The number of nitrogens with zero attached hydrogens (tertiary/aromatic N) is 4. The van der Waals surface area contributed by atoms with Crippen molar-refractivity contribution in [1.82, 2.24) is 14.9 Å². The van der Waals surface area contributed by atoms with E-state index in [1.165, 1.54) is 0 Å². The molecule has 0 saturated carbocycles. The summed E-state index contributed by atoms with van der Waals surface area (Å²) in [4.78, 5) is 35.9. The van der Waals surface area contributed by atoms with Gasteiger partial charge in [-0.05, 0) is 26.7 Å². The van der Waals surface area contributed by atoms with Gasteiger partial charge in [0.1, 0.15) is 17.7 Å². The second-order valence-electron chi connectivity index (χ2n) is 6.31.